The summed E-state index contributed by atoms with van der Waals surface area (Å²) in [7, 11) is 0. The van der Waals surface area contributed by atoms with Crippen LogP contribution in [0, 0.1) is 6.92 Å². The van der Waals surface area contributed by atoms with Gasteiger partial charge >= 0.3 is 0 Å². The number of benzene rings is 2. The molecule has 5 heteroatoms. The Morgan fingerprint density at radius 1 is 1.09 bits per heavy atom. The van der Waals surface area contributed by atoms with Gasteiger partial charge in [0.25, 0.3) is 5.91 Å². The molecule has 1 heterocycles. The number of nitrogens with zero attached hydrogens (tertiary/aromatic N) is 3. The van der Waals surface area contributed by atoms with Gasteiger partial charge in [0.1, 0.15) is 6.33 Å². The molecule has 5 nitrogen and oxygen atoms in total. The van der Waals surface area contributed by atoms with Gasteiger partial charge in [-0.05, 0) is 30.7 Å². The average molecular weight is 292 g/mol. The van der Waals surface area contributed by atoms with E-state index >= 15 is 0 Å². The van der Waals surface area contributed by atoms with E-state index in [4.69, 9.17) is 0 Å². The van der Waals surface area contributed by atoms with Gasteiger partial charge in [0, 0.05) is 11.3 Å². The van der Waals surface area contributed by atoms with E-state index in [0.29, 0.717) is 17.9 Å². The third kappa shape index (κ3) is 2.88. The molecule has 0 radical (unpaired) electrons. The van der Waals surface area contributed by atoms with Crippen molar-refractivity contribution >= 4 is 5.91 Å². The molecule has 0 fully saturated rings. The van der Waals surface area contributed by atoms with Gasteiger partial charge in [0.15, 0.2) is 5.82 Å². The number of amides is 1. The lowest BCUT2D eigenvalue weighted by atomic mass is 10.1. The Morgan fingerprint density at radius 3 is 2.59 bits per heavy atom. The highest BCUT2D eigenvalue weighted by molar-refractivity contribution is 5.95. The summed E-state index contributed by atoms with van der Waals surface area (Å²) in [6, 6.07) is 17.3. The van der Waals surface area contributed by atoms with Crippen LogP contribution in [0.4, 0.5) is 0 Å². The van der Waals surface area contributed by atoms with Gasteiger partial charge in [-0.25, -0.2) is 0 Å². The van der Waals surface area contributed by atoms with E-state index in [2.05, 4.69) is 15.5 Å². The highest BCUT2D eigenvalue weighted by Gasteiger charge is 2.11. The van der Waals surface area contributed by atoms with Crippen LogP contribution in [0.3, 0.4) is 0 Å². The molecule has 0 saturated carbocycles. The second kappa shape index (κ2) is 6.22. The fourth-order valence-corrected chi connectivity index (χ4v) is 2.27. The summed E-state index contributed by atoms with van der Waals surface area (Å²) >= 11 is 0. The zero-order chi connectivity index (χ0) is 15.4. The van der Waals surface area contributed by atoms with Gasteiger partial charge in [-0.2, -0.15) is 0 Å². The molecule has 2 aromatic carbocycles. The van der Waals surface area contributed by atoms with Crippen LogP contribution in [0.2, 0.25) is 0 Å². The van der Waals surface area contributed by atoms with Gasteiger partial charge < -0.3 is 5.32 Å². The first-order chi connectivity index (χ1) is 10.8. The first-order valence-corrected chi connectivity index (χ1v) is 7.04. The first kappa shape index (κ1) is 14.0. The maximum absolute atomic E-state index is 12.2. The monoisotopic (exact) mass is 292 g/mol. The molecular formula is C17H16N4O. The fourth-order valence-electron chi connectivity index (χ4n) is 2.27. The van der Waals surface area contributed by atoms with Crippen molar-refractivity contribution in [3.8, 4) is 5.69 Å². The minimum Gasteiger partial charge on any atom is -0.345 e. The largest absolute Gasteiger partial charge is 0.345 e. The van der Waals surface area contributed by atoms with Crippen LogP contribution in [0.1, 0.15) is 21.7 Å². The molecule has 0 aliphatic rings. The van der Waals surface area contributed by atoms with Crippen LogP contribution in [0.15, 0.2) is 60.9 Å². The Kier molecular flexibility index (Phi) is 3.96. The number of para-hydroxylation sites is 1. The fraction of sp³-hybridized carbons (Fsp3) is 0.118. The van der Waals surface area contributed by atoms with E-state index in [1.54, 1.807) is 6.33 Å². The Balaban J connectivity index is 1.75. The third-order valence-corrected chi connectivity index (χ3v) is 3.45. The van der Waals surface area contributed by atoms with Gasteiger partial charge in [0.2, 0.25) is 0 Å². The molecule has 0 unspecified atom stereocenters. The van der Waals surface area contributed by atoms with Gasteiger partial charge in [-0.3, -0.25) is 9.36 Å². The van der Waals surface area contributed by atoms with Crippen molar-refractivity contribution in [2.75, 3.05) is 0 Å². The van der Waals surface area contributed by atoms with E-state index in [9.17, 15) is 4.79 Å². The molecular weight excluding hydrogens is 276 g/mol. The minimum atomic E-state index is -0.110. The SMILES string of the molecule is Cc1ccccc1C(=O)NCc1nncn1-c1ccccc1. The van der Waals surface area contributed by atoms with Crippen molar-refractivity contribution < 1.29 is 4.79 Å². The number of aromatic nitrogens is 3. The smallest absolute Gasteiger partial charge is 0.251 e. The van der Waals surface area contributed by atoms with Crippen molar-refractivity contribution in [3.63, 3.8) is 0 Å². The Morgan fingerprint density at radius 2 is 1.82 bits per heavy atom. The maximum atomic E-state index is 12.2. The summed E-state index contributed by atoms with van der Waals surface area (Å²) in [5.74, 6) is 0.578. The number of hydrogen-bond donors (Lipinski definition) is 1. The standard InChI is InChI=1S/C17H16N4O/c1-13-7-5-6-10-15(13)17(22)18-11-16-20-19-12-21(16)14-8-3-2-4-9-14/h2-10,12H,11H2,1H3,(H,18,22). The molecule has 110 valence electrons. The predicted octanol–water partition coefficient (Wildman–Crippen LogP) is 2.51. The summed E-state index contributed by atoms with van der Waals surface area (Å²) in [6.07, 6.45) is 1.64. The number of carbonyl (C=O) groups is 1. The molecule has 1 amide bonds. The van der Waals surface area contributed by atoms with E-state index < -0.39 is 0 Å². The van der Waals surface area contributed by atoms with Crippen LogP contribution in [0.25, 0.3) is 5.69 Å². The number of rotatable bonds is 4. The van der Waals surface area contributed by atoms with Crippen molar-refractivity contribution in [1.82, 2.24) is 20.1 Å². The van der Waals surface area contributed by atoms with Gasteiger partial charge in [-0.15, -0.1) is 10.2 Å². The molecule has 0 atom stereocenters. The second-order valence-corrected chi connectivity index (χ2v) is 4.95. The highest BCUT2D eigenvalue weighted by Crippen LogP contribution is 2.10. The predicted molar refractivity (Wildman–Crippen MR) is 83.7 cm³/mol. The molecule has 1 aromatic heterocycles. The van der Waals surface area contributed by atoms with Crippen LogP contribution in [-0.4, -0.2) is 20.7 Å². The average Bonchev–Trinajstić information content (AvgIpc) is 3.02. The van der Waals surface area contributed by atoms with E-state index in [0.717, 1.165) is 11.3 Å². The van der Waals surface area contributed by atoms with Gasteiger partial charge in [-0.1, -0.05) is 36.4 Å². The number of nitrogens with one attached hydrogen (secondary N) is 1. The molecule has 0 aliphatic carbocycles. The van der Waals surface area contributed by atoms with Crippen molar-refractivity contribution in [2.45, 2.75) is 13.5 Å². The topological polar surface area (TPSA) is 59.8 Å². The van der Waals surface area contributed by atoms with E-state index in [1.165, 1.54) is 0 Å². The van der Waals surface area contributed by atoms with Crippen LogP contribution in [-0.2, 0) is 6.54 Å². The van der Waals surface area contributed by atoms with Crippen LogP contribution in [0.5, 0.6) is 0 Å². The normalized spacial score (nSPS) is 10.4. The van der Waals surface area contributed by atoms with Crippen LogP contribution >= 0.6 is 0 Å². The molecule has 0 bridgehead atoms. The van der Waals surface area contributed by atoms with E-state index in [-0.39, 0.29) is 5.91 Å². The van der Waals surface area contributed by atoms with Crippen molar-refractivity contribution in [3.05, 3.63) is 77.9 Å². The quantitative estimate of drug-likeness (QED) is 0.803. The van der Waals surface area contributed by atoms with Crippen molar-refractivity contribution in [1.29, 1.82) is 0 Å². The number of carbonyl (C=O) groups excluding carboxylic acids is 1. The minimum absolute atomic E-state index is 0.110. The van der Waals surface area contributed by atoms with E-state index in [1.807, 2.05) is 66.1 Å². The molecule has 22 heavy (non-hydrogen) atoms. The Labute approximate surface area is 128 Å². The van der Waals surface area contributed by atoms with Gasteiger partial charge in [0.05, 0.1) is 6.54 Å². The lowest BCUT2D eigenvalue weighted by Crippen LogP contribution is -2.25. The van der Waals surface area contributed by atoms with Crippen LogP contribution < -0.4 is 5.32 Å². The summed E-state index contributed by atoms with van der Waals surface area (Å²) in [6.45, 7) is 2.24. The Bertz CT molecular complexity index is 780. The summed E-state index contributed by atoms with van der Waals surface area (Å²) in [5, 5.41) is 10.9. The van der Waals surface area contributed by atoms with Crippen molar-refractivity contribution in [2.24, 2.45) is 0 Å². The molecule has 3 aromatic rings. The second-order valence-electron chi connectivity index (χ2n) is 4.95. The zero-order valence-corrected chi connectivity index (χ0v) is 12.2. The Hall–Kier alpha value is -2.95. The molecule has 3 rings (SSSR count). The lowest BCUT2D eigenvalue weighted by Gasteiger charge is -2.09. The summed E-state index contributed by atoms with van der Waals surface area (Å²) in [5.41, 5.74) is 2.59. The summed E-state index contributed by atoms with van der Waals surface area (Å²) < 4.78 is 1.86. The highest BCUT2D eigenvalue weighted by atomic mass is 16.1. The number of aryl methyl sites for hydroxylation is 1. The molecule has 0 spiro atoms. The third-order valence-electron chi connectivity index (χ3n) is 3.45. The molecule has 0 aliphatic heterocycles. The summed E-state index contributed by atoms with van der Waals surface area (Å²) in [4.78, 5) is 12.2. The maximum Gasteiger partial charge on any atom is 0.251 e. The lowest BCUT2D eigenvalue weighted by molar-refractivity contribution is 0.0949. The molecule has 0 saturated heterocycles. The number of hydrogen-bond acceptors (Lipinski definition) is 3. The molecule has 1 N–H and O–H groups in total. The first-order valence-electron chi connectivity index (χ1n) is 7.04. The zero-order valence-electron chi connectivity index (χ0n) is 12.2.